The van der Waals surface area contributed by atoms with Crippen molar-refractivity contribution in [1.82, 2.24) is 9.55 Å². The summed E-state index contributed by atoms with van der Waals surface area (Å²) in [7, 11) is 0. The van der Waals surface area contributed by atoms with Gasteiger partial charge in [-0.2, -0.15) is 0 Å². The maximum Gasteiger partial charge on any atom is 0.335 e. The van der Waals surface area contributed by atoms with Crippen molar-refractivity contribution in [2.45, 2.75) is 38.8 Å². The molecule has 1 aromatic carbocycles. The van der Waals surface area contributed by atoms with Crippen molar-refractivity contribution >= 4 is 17.0 Å². The fraction of sp³-hybridized carbons (Fsp3) is 0.467. The number of benzene rings is 1. The summed E-state index contributed by atoms with van der Waals surface area (Å²) < 4.78 is 7.91. The van der Waals surface area contributed by atoms with E-state index < -0.39 is 5.97 Å². The molecule has 1 aliphatic rings. The maximum absolute atomic E-state index is 11.0. The average molecular weight is 274 g/mol. The van der Waals surface area contributed by atoms with Crippen LogP contribution in [0.15, 0.2) is 18.2 Å². The normalized spacial score (nSPS) is 20.4. The molecule has 1 aromatic heterocycles. The topological polar surface area (TPSA) is 64.3 Å². The van der Waals surface area contributed by atoms with E-state index in [1.54, 1.807) is 12.1 Å². The predicted octanol–water partition coefficient (Wildman–Crippen LogP) is 2.78. The van der Waals surface area contributed by atoms with Crippen LogP contribution >= 0.6 is 0 Å². The molecule has 1 aliphatic heterocycles. The zero-order valence-corrected chi connectivity index (χ0v) is 11.7. The van der Waals surface area contributed by atoms with Crippen LogP contribution in [-0.4, -0.2) is 33.3 Å². The van der Waals surface area contributed by atoms with Crippen molar-refractivity contribution in [3.05, 3.63) is 29.6 Å². The van der Waals surface area contributed by atoms with E-state index in [9.17, 15) is 4.79 Å². The van der Waals surface area contributed by atoms with Gasteiger partial charge in [0.15, 0.2) is 0 Å². The molecule has 1 N–H and O–H groups in total. The molecule has 5 nitrogen and oxygen atoms in total. The first-order valence-electron chi connectivity index (χ1n) is 6.91. The van der Waals surface area contributed by atoms with Gasteiger partial charge in [0.05, 0.1) is 28.7 Å². The Balaban J connectivity index is 2.06. The van der Waals surface area contributed by atoms with Crippen LogP contribution in [-0.2, 0) is 4.74 Å². The zero-order chi connectivity index (χ0) is 14.3. The number of hydrogen-bond donors (Lipinski definition) is 1. The fourth-order valence-electron chi connectivity index (χ4n) is 3.02. The third kappa shape index (κ3) is 2.08. The van der Waals surface area contributed by atoms with Gasteiger partial charge in [-0.3, -0.25) is 0 Å². The molecule has 5 heteroatoms. The molecule has 0 aliphatic carbocycles. The van der Waals surface area contributed by atoms with E-state index >= 15 is 0 Å². The minimum Gasteiger partial charge on any atom is -0.478 e. The lowest BCUT2D eigenvalue weighted by Crippen LogP contribution is -2.21. The van der Waals surface area contributed by atoms with Crippen molar-refractivity contribution in [1.29, 1.82) is 0 Å². The summed E-state index contributed by atoms with van der Waals surface area (Å²) in [5, 5.41) is 9.05. The van der Waals surface area contributed by atoms with Gasteiger partial charge >= 0.3 is 5.97 Å². The smallest absolute Gasteiger partial charge is 0.335 e. The number of fused-ring (bicyclic) bond motifs is 1. The van der Waals surface area contributed by atoms with Crippen LogP contribution in [0.25, 0.3) is 11.0 Å². The summed E-state index contributed by atoms with van der Waals surface area (Å²) in [6.45, 7) is 4.91. The van der Waals surface area contributed by atoms with Crippen LogP contribution < -0.4 is 0 Å². The molecule has 3 rings (SSSR count). The highest BCUT2D eigenvalue weighted by Gasteiger charge is 2.26. The number of nitrogens with zero attached hydrogens (tertiary/aromatic N) is 2. The lowest BCUT2D eigenvalue weighted by molar-refractivity contribution is 0.0696. The summed E-state index contributed by atoms with van der Waals surface area (Å²) in [6.07, 6.45) is 2.38. The van der Waals surface area contributed by atoms with Crippen LogP contribution in [0.5, 0.6) is 0 Å². The Morgan fingerprint density at radius 1 is 1.55 bits per heavy atom. The van der Waals surface area contributed by atoms with E-state index in [-0.39, 0.29) is 17.7 Å². The van der Waals surface area contributed by atoms with Gasteiger partial charge in [-0.15, -0.1) is 0 Å². The standard InChI is InChI=1S/C15H18N2O3/c1-9(14-4-3-7-20-14)17-10(2)16-12-8-11(15(18)19)5-6-13(12)17/h5-6,8-9,14H,3-4,7H2,1-2H3,(H,18,19). The molecule has 1 fully saturated rings. The van der Waals surface area contributed by atoms with E-state index in [2.05, 4.69) is 16.5 Å². The minimum absolute atomic E-state index is 0.207. The molecule has 0 saturated carbocycles. The average Bonchev–Trinajstić information content (AvgIpc) is 3.03. The number of ether oxygens (including phenoxy) is 1. The Labute approximate surface area is 117 Å². The molecular formula is C15H18N2O3. The Morgan fingerprint density at radius 3 is 3.00 bits per heavy atom. The molecule has 1 saturated heterocycles. The third-order valence-corrected chi connectivity index (χ3v) is 4.02. The highest BCUT2D eigenvalue weighted by atomic mass is 16.5. The molecule has 2 heterocycles. The van der Waals surface area contributed by atoms with Crippen LogP contribution in [0.4, 0.5) is 0 Å². The number of aromatic nitrogens is 2. The Bertz CT molecular complexity index is 656. The molecule has 2 atom stereocenters. The third-order valence-electron chi connectivity index (χ3n) is 4.02. The molecule has 2 aromatic rings. The van der Waals surface area contributed by atoms with Crippen molar-refractivity contribution in [2.75, 3.05) is 6.61 Å². The summed E-state index contributed by atoms with van der Waals surface area (Å²) in [5.74, 6) is -0.0307. The Kier molecular flexibility index (Phi) is 3.22. The van der Waals surface area contributed by atoms with Gasteiger partial charge < -0.3 is 14.4 Å². The number of aromatic carboxylic acids is 1. The van der Waals surface area contributed by atoms with Gasteiger partial charge in [-0.25, -0.2) is 9.78 Å². The van der Waals surface area contributed by atoms with E-state index in [1.165, 1.54) is 0 Å². The lowest BCUT2D eigenvalue weighted by Gasteiger charge is -2.22. The van der Waals surface area contributed by atoms with E-state index in [4.69, 9.17) is 9.84 Å². The molecular weight excluding hydrogens is 256 g/mol. The monoisotopic (exact) mass is 274 g/mol. The first kappa shape index (κ1) is 13.1. The van der Waals surface area contributed by atoms with E-state index in [0.29, 0.717) is 0 Å². The van der Waals surface area contributed by atoms with Crippen LogP contribution in [0.2, 0.25) is 0 Å². The van der Waals surface area contributed by atoms with Gasteiger partial charge in [-0.05, 0) is 44.9 Å². The second-order valence-corrected chi connectivity index (χ2v) is 5.33. The molecule has 2 unspecified atom stereocenters. The van der Waals surface area contributed by atoms with Crippen molar-refractivity contribution in [3.63, 3.8) is 0 Å². The number of carboxylic acid groups (broad SMARTS) is 1. The molecule has 20 heavy (non-hydrogen) atoms. The van der Waals surface area contributed by atoms with Crippen molar-refractivity contribution < 1.29 is 14.6 Å². The molecule has 0 spiro atoms. The summed E-state index contributed by atoms with van der Waals surface area (Å²) in [5.41, 5.74) is 1.97. The number of carbonyl (C=O) groups is 1. The Morgan fingerprint density at radius 2 is 2.35 bits per heavy atom. The zero-order valence-electron chi connectivity index (χ0n) is 11.7. The molecule has 106 valence electrons. The van der Waals surface area contributed by atoms with Crippen molar-refractivity contribution in [3.8, 4) is 0 Å². The molecule has 0 radical (unpaired) electrons. The predicted molar refractivity (Wildman–Crippen MR) is 75.1 cm³/mol. The number of rotatable bonds is 3. The largest absolute Gasteiger partial charge is 0.478 e. The molecule has 0 bridgehead atoms. The fourth-order valence-corrected chi connectivity index (χ4v) is 3.02. The quantitative estimate of drug-likeness (QED) is 0.934. The number of carboxylic acids is 1. The lowest BCUT2D eigenvalue weighted by atomic mass is 10.1. The van der Waals surface area contributed by atoms with Crippen LogP contribution in [0.3, 0.4) is 0 Å². The van der Waals surface area contributed by atoms with Crippen LogP contribution in [0.1, 0.15) is 42.0 Å². The first-order chi connectivity index (χ1) is 9.58. The van der Waals surface area contributed by atoms with Gasteiger partial charge in [0.1, 0.15) is 5.82 Å². The second-order valence-electron chi connectivity index (χ2n) is 5.33. The summed E-state index contributed by atoms with van der Waals surface area (Å²) >= 11 is 0. The SMILES string of the molecule is Cc1nc2cc(C(=O)O)ccc2n1C(C)C1CCCO1. The Hall–Kier alpha value is -1.88. The number of imidazole rings is 1. The summed E-state index contributed by atoms with van der Waals surface area (Å²) in [6, 6.07) is 5.30. The van der Waals surface area contributed by atoms with E-state index in [1.807, 2.05) is 13.0 Å². The maximum atomic E-state index is 11.0. The van der Waals surface area contributed by atoms with Crippen LogP contribution in [0, 0.1) is 6.92 Å². The van der Waals surface area contributed by atoms with Gasteiger partial charge in [0.2, 0.25) is 0 Å². The van der Waals surface area contributed by atoms with Gasteiger partial charge in [-0.1, -0.05) is 0 Å². The van der Waals surface area contributed by atoms with Crippen molar-refractivity contribution in [2.24, 2.45) is 0 Å². The summed E-state index contributed by atoms with van der Waals surface area (Å²) in [4.78, 5) is 15.5. The first-order valence-corrected chi connectivity index (χ1v) is 6.91. The second kappa shape index (κ2) is 4.90. The highest BCUT2D eigenvalue weighted by molar-refractivity contribution is 5.92. The highest BCUT2D eigenvalue weighted by Crippen LogP contribution is 2.29. The van der Waals surface area contributed by atoms with E-state index in [0.717, 1.165) is 36.3 Å². The molecule has 0 amide bonds. The minimum atomic E-state index is -0.925. The van der Waals surface area contributed by atoms with Gasteiger partial charge in [0, 0.05) is 6.61 Å². The number of hydrogen-bond acceptors (Lipinski definition) is 3. The number of aryl methyl sites for hydroxylation is 1. The van der Waals surface area contributed by atoms with Gasteiger partial charge in [0.25, 0.3) is 0 Å².